The molecule has 1 fully saturated rings. The number of anilines is 1. The number of hydrogen-bond acceptors (Lipinski definition) is 4. The van der Waals surface area contributed by atoms with Crippen LogP contribution in [-0.4, -0.2) is 43.8 Å². The van der Waals surface area contributed by atoms with E-state index in [9.17, 15) is 18.0 Å². The third-order valence-electron chi connectivity index (χ3n) is 7.09. The summed E-state index contributed by atoms with van der Waals surface area (Å²) in [5.41, 5.74) is 0.899. The van der Waals surface area contributed by atoms with Crippen molar-refractivity contribution in [2.75, 3.05) is 10.8 Å². The molecule has 1 atom stereocenters. The van der Waals surface area contributed by atoms with Gasteiger partial charge in [0.2, 0.25) is 11.8 Å². The van der Waals surface area contributed by atoms with Crippen LogP contribution >= 0.6 is 23.2 Å². The summed E-state index contributed by atoms with van der Waals surface area (Å²) in [6.07, 6.45) is 4.29. The molecular formula is C30H33Cl2N3O4S. The largest absolute Gasteiger partial charge is 0.352 e. The van der Waals surface area contributed by atoms with E-state index in [1.807, 2.05) is 37.3 Å². The van der Waals surface area contributed by atoms with E-state index in [1.165, 1.54) is 23.1 Å². The number of nitrogens with one attached hydrogen (secondary N) is 1. The molecule has 40 heavy (non-hydrogen) atoms. The summed E-state index contributed by atoms with van der Waals surface area (Å²) in [5.74, 6) is -0.773. The van der Waals surface area contributed by atoms with Gasteiger partial charge in [-0.2, -0.15) is 0 Å². The van der Waals surface area contributed by atoms with Gasteiger partial charge in [0.15, 0.2) is 0 Å². The fraction of sp³-hybridized carbons (Fsp3) is 0.333. The third kappa shape index (κ3) is 6.97. The Labute approximate surface area is 246 Å². The van der Waals surface area contributed by atoms with Gasteiger partial charge in [-0.3, -0.25) is 13.9 Å². The molecule has 0 unspecified atom stereocenters. The van der Waals surface area contributed by atoms with Crippen molar-refractivity contribution in [2.24, 2.45) is 0 Å². The Morgan fingerprint density at radius 2 is 1.55 bits per heavy atom. The van der Waals surface area contributed by atoms with E-state index in [1.54, 1.807) is 30.3 Å². The number of amides is 2. The second kappa shape index (κ2) is 13.5. The highest BCUT2D eigenvalue weighted by Gasteiger charge is 2.35. The van der Waals surface area contributed by atoms with E-state index in [-0.39, 0.29) is 39.1 Å². The monoisotopic (exact) mass is 601 g/mol. The molecular weight excluding hydrogens is 569 g/mol. The van der Waals surface area contributed by atoms with E-state index in [0.29, 0.717) is 6.42 Å². The topological polar surface area (TPSA) is 86.8 Å². The summed E-state index contributed by atoms with van der Waals surface area (Å²) in [6.45, 7) is 1.41. The third-order valence-corrected chi connectivity index (χ3v) is 9.68. The van der Waals surface area contributed by atoms with Crippen molar-refractivity contribution in [2.45, 2.75) is 62.6 Å². The fourth-order valence-electron chi connectivity index (χ4n) is 4.99. The van der Waals surface area contributed by atoms with Crippen LogP contribution in [0.4, 0.5) is 5.69 Å². The minimum absolute atomic E-state index is 0.000491. The first-order valence-corrected chi connectivity index (χ1v) is 15.6. The Balaban J connectivity index is 1.72. The van der Waals surface area contributed by atoms with Crippen LogP contribution in [0, 0.1) is 0 Å². The van der Waals surface area contributed by atoms with Gasteiger partial charge in [-0.15, -0.1) is 0 Å². The molecule has 0 aliphatic heterocycles. The van der Waals surface area contributed by atoms with Gasteiger partial charge in [-0.25, -0.2) is 8.42 Å². The number of halogens is 2. The zero-order valence-electron chi connectivity index (χ0n) is 22.3. The Morgan fingerprint density at radius 3 is 2.17 bits per heavy atom. The first-order chi connectivity index (χ1) is 19.2. The van der Waals surface area contributed by atoms with Gasteiger partial charge in [0.05, 0.1) is 20.6 Å². The maximum Gasteiger partial charge on any atom is 0.264 e. The van der Waals surface area contributed by atoms with Crippen LogP contribution in [0.2, 0.25) is 10.0 Å². The van der Waals surface area contributed by atoms with Crippen molar-refractivity contribution < 1.29 is 18.0 Å². The summed E-state index contributed by atoms with van der Waals surface area (Å²) >= 11 is 12.7. The molecule has 10 heteroatoms. The molecule has 0 saturated heterocycles. The minimum atomic E-state index is -4.22. The van der Waals surface area contributed by atoms with Gasteiger partial charge >= 0.3 is 0 Å². The van der Waals surface area contributed by atoms with E-state index >= 15 is 0 Å². The molecule has 3 aromatic carbocycles. The van der Waals surface area contributed by atoms with Gasteiger partial charge < -0.3 is 10.2 Å². The molecule has 0 radical (unpaired) electrons. The van der Waals surface area contributed by atoms with E-state index < -0.39 is 28.5 Å². The van der Waals surface area contributed by atoms with Crippen LogP contribution in [0.5, 0.6) is 0 Å². The molecule has 3 aromatic rings. The lowest BCUT2D eigenvalue weighted by Gasteiger charge is -2.34. The number of carbonyl (C=O) groups excluding carboxylic acids is 2. The molecule has 7 nitrogen and oxygen atoms in total. The normalized spacial score (nSPS) is 14.5. The maximum atomic E-state index is 14.1. The summed E-state index contributed by atoms with van der Waals surface area (Å²) in [5, 5.41) is 3.27. The predicted octanol–water partition coefficient (Wildman–Crippen LogP) is 6.05. The highest BCUT2D eigenvalue weighted by Crippen LogP contribution is 2.35. The summed E-state index contributed by atoms with van der Waals surface area (Å²) < 4.78 is 28.8. The molecule has 0 heterocycles. The Hall–Kier alpha value is -3.07. The lowest BCUT2D eigenvalue weighted by atomic mass is 10.1. The second-order valence-electron chi connectivity index (χ2n) is 9.82. The highest BCUT2D eigenvalue weighted by atomic mass is 35.5. The zero-order valence-corrected chi connectivity index (χ0v) is 24.6. The van der Waals surface area contributed by atoms with Gasteiger partial charge in [-0.1, -0.05) is 97.6 Å². The fourth-order valence-corrected chi connectivity index (χ4v) is 6.88. The van der Waals surface area contributed by atoms with Crippen molar-refractivity contribution in [3.63, 3.8) is 0 Å². The van der Waals surface area contributed by atoms with Crippen molar-refractivity contribution in [1.29, 1.82) is 0 Å². The molecule has 1 saturated carbocycles. The molecule has 0 spiro atoms. The number of hydrogen-bond donors (Lipinski definition) is 1. The van der Waals surface area contributed by atoms with Crippen LogP contribution in [0.1, 0.15) is 44.6 Å². The van der Waals surface area contributed by atoms with Crippen molar-refractivity contribution in [3.8, 4) is 0 Å². The smallest absolute Gasteiger partial charge is 0.264 e. The summed E-state index contributed by atoms with van der Waals surface area (Å²) in [6, 6.07) is 21.1. The molecule has 1 N–H and O–H groups in total. The van der Waals surface area contributed by atoms with Crippen LogP contribution in [0.3, 0.4) is 0 Å². The lowest BCUT2D eigenvalue weighted by molar-refractivity contribution is -0.140. The van der Waals surface area contributed by atoms with Crippen LogP contribution in [0.25, 0.3) is 0 Å². The van der Waals surface area contributed by atoms with E-state index in [4.69, 9.17) is 23.2 Å². The SMILES string of the molecule is CC[C@@H](C(=O)NC1CCCC1)N(Cc1ccccc1)C(=O)CN(c1cccc(Cl)c1Cl)S(=O)(=O)c1ccccc1. The molecule has 2 amide bonds. The van der Waals surface area contributed by atoms with E-state index in [0.717, 1.165) is 35.6 Å². The van der Waals surface area contributed by atoms with Gasteiger partial charge in [-0.05, 0) is 49.1 Å². The molecule has 212 valence electrons. The van der Waals surface area contributed by atoms with Gasteiger partial charge in [0.1, 0.15) is 12.6 Å². The minimum Gasteiger partial charge on any atom is -0.352 e. The number of benzene rings is 3. The average molecular weight is 603 g/mol. The standard InChI is InChI=1S/C30H33Cl2N3O4S/c1-2-26(30(37)33-23-14-9-10-15-23)34(20-22-12-5-3-6-13-22)28(36)21-35(27-19-11-18-25(31)29(27)32)40(38,39)24-16-7-4-8-17-24/h3-8,11-13,16-19,23,26H,2,9-10,14-15,20-21H2,1H3,(H,33,37)/t26-/m0/s1. The molecule has 1 aliphatic carbocycles. The first kappa shape index (κ1) is 29.9. The number of nitrogens with zero attached hydrogens (tertiary/aromatic N) is 2. The average Bonchev–Trinajstić information content (AvgIpc) is 3.47. The number of carbonyl (C=O) groups is 2. The Kier molecular flexibility index (Phi) is 10.1. The Bertz CT molecular complexity index is 1420. The van der Waals surface area contributed by atoms with Crippen molar-refractivity contribution in [1.82, 2.24) is 10.2 Å². The maximum absolute atomic E-state index is 14.1. The number of rotatable bonds is 11. The van der Waals surface area contributed by atoms with Gasteiger partial charge in [0.25, 0.3) is 10.0 Å². The van der Waals surface area contributed by atoms with Gasteiger partial charge in [0, 0.05) is 12.6 Å². The predicted molar refractivity (Wildman–Crippen MR) is 159 cm³/mol. The van der Waals surface area contributed by atoms with Crippen LogP contribution in [-0.2, 0) is 26.2 Å². The summed E-state index contributed by atoms with van der Waals surface area (Å²) in [4.78, 5) is 29.0. The second-order valence-corrected chi connectivity index (χ2v) is 12.5. The Morgan fingerprint density at radius 1 is 0.925 bits per heavy atom. The van der Waals surface area contributed by atoms with Crippen molar-refractivity contribution >= 4 is 50.7 Å². The zero-order chi connectivity index (χ0) is 28.7. The quantitative estimate of drug-likeness (QED) is 0.289. The summed E-state index contributed by atoms with van der Waals surface area (Å²) in [7, 11) is -4.22. The highest BCUT2D eigenvalue weighted by molar-refractivity contribution is 7.92. The van der Waals surface area contributed by atoms with E-state index in [2.05, 4.69) is 5.32 Å². The van der Waals surface area contributed by atoms with Crippen molar-refractivity contribution in [3.05, 3.63) is 94.5 Å². The molecule has 4 rings (SSSR count). The molecule has 0 aromatic heterocycles. The molecule has 0 bridgehead atoms. The first-order valence-electron chi connectivity index (χ1n) is 13.4. The van der Waals surface area contributed by atoms with Crippen LogP contribution in [0.15, 0.2) is 83.8 Å². The molecule has 1 aliphatic rings. The number of sulfonamides is 1. The van der Waals surface area contributed by atoms with Crippen LogP contribution < -0.4 is 9.62 Å². The lowest BCUT2D eigenvalue weighted by Crippen LogP contribution is -2.53.